The molecule has 0 spiro atoms. The van der Waals surface area contributed by atoms with Crippen LogP contribution in [0.2, 0.25) is 0 Å². The Morgan fingerprint density at radius 3 is 2.56 bits per heavy atom. The van der Waals surface area contributed by atoms with Crippen LogP contribution in [0.1, 0.15) is 6.92 Å². The van der Waals surface area contributed by atoms with Gasteiger partial charge in [-0.05, 0) is 6.92 Å². The van der Waals surface area contributed by atoms with Crippen LogP contribution in [-0.2, 0) is 19.1 Å². The standard InChI is InChI=1S/C12H13NO5/c1-4-10(15)18-11(8(2)7-13)9(3)12(16)17-6-5-14/h4,14H,1-2,5-6H2,3H3. The molecule has 96 valence electrons. The van der Waals surface area contributed by atoms with E-state index in [2.05, 4.69) is 17.9 Å². The van der Waals surface area contributed by atoms with Gasteiger partial charge in [0.2, 0.25) is 0 Å². The summed E-state index contributed by atoms with van der Waals surface area (Å²) < 4.78 is 9.38. The minimum Gasteiger partial charge on any atom is -0.460 e. The first kappa shape index (κ1) is 15.6. The van der Waals surface area contributed by atoms with E-state index >= 15 is 0 Å². The molecule has 0 aromatic heterocycles. The molecule has 0 radical (unpaired) electrons. The predicted molar refractivity (Wildman–Crippen MR) is 61.8 cm³/mol. The Kier molecular flexibility index (Phi) is 6.78. The molecule has 0 atom stereocenters. The maximum atomic E-state index is 11.5. The van der Waals surface area contributed by atoms with Crippen molar-refractivity contribution in [3.05, 3.63) is 36.1 Å². The number of rotatable bonds is 6. The number of aliphatic hydroxyl groups is 1. The van der Waals surface area contributed by atoms with Gasteiger partial charge in [-0.2, -0.15) is 5.26 Å². The van der Waals surface area contributed by atoms with Gasteiger partial charge in [-0.1, -0.05) is 13.2 Å². The zero-order valence-corrected chi connectivity index (χ0v) is 9.93. The van der Waals surface area contributed by atoms with E-state index in [9.17, 15) is 9.59 Å². The summed E-state index contributed by atoms with van der Waals surface area (Å²) in [4.78, 5) is 22.5. The highest BCUT2D eigenvalue weighted by atomic mass is 16.6. The monoisotopic (exact) mass is 251 g/mol. The van der Waals surface area contributed by atoms with Gasteiger partial charge in [0.25, 0.3) is 0 Å². The number of carbonyl (C=O) groups is 2. The first-order valence-electron chi connectivity index (χ1n) is 4.90. The average molecular weight is 251 g/mol. The SMILES string of the molecule is C=CC(=O)OC(C(=C)C#N)=C(C)C(=O)OCCO. The number of aliphatic hydroxyl groups excluding tert-OH is 1. The number of hydrogen-bond acceptors (Lipinski definition) is 6. The lowest BCUT2D eigenvalue weighted by atomic mass is 10.1. The Bertz CT molecular complexity index is 442. The maximum Gasteiger partial charge on any atom is 0.337 e. The summed E-state index contributed by atoms with van der Waals surface area (Å²) in [7, 11) is 0. The molecule has 0 aromatic rings. The van der Waals surface area contributed by atoms with Gasteiger partial charge in [-0.25, -0.2) is 9.59 Å². The normalized spacial score (nSPS) is 10.7. The van der Waals surface area contributed by atoms with Gasteiger partial charge in [-0.15, -0.1) is 0 Å². The molecule has 0 rings (SSSR count). The van der Waals surface area contributed by atoms with Crippen LogP contribution in [0, 0.1) is 11.3 Å². The number of esters is 2. The van der Waals surface area contributed by atoms with E-state index in [1.165, 1.54) is 6.92 Å². The fourth-order valence-electron chi connectivity index (χ4n) is 0.897. The third-order valence-electron chi connectivity index (χ3n) is 1.75. The number of carbonyl (C=O) groups excluding carboxylic acids is 2. The summed E-state index contributed by atoms with van der Waals surface area (Å²) in [5, 5.41) is 17.2. The van der Waals surface area contributed by atoms with Crippen molar-refractivity contribution in [2.45, 2.75) is 6.92 Å². The molecule has 0 fully saturated rings. The number of allylic oxidation sites excluding steroid dienone is 1. The molecule has 0 saturated carbocycles. The van der Waals surface area contributed by atoms with Crippen molar-refractivity contribution in [3.63, 3.8) is 0 Å². The first-order chi connectivity index (χ1) is 8.47. The van der Waals surface area contributed by atoms with Gasteiger partial charge in [0.05, 0.1) is 17.8 Å². The molecule has 6 heteroatoms. The van der Waals surface area contributed by atoms with Gasteiger partial charge in [0, 0.05) is 6.08 Å². The molecule has 0 saturated heterocycles. The number of nitriles is 1. The lowest BCUT2D eigenvalue weighted by molar-refractivity contribution is -0.140. The Balaban J connectivity index is 5.20. The lowest BCUT2D eigenvalue weighted by Gasteiger charge is -2.09. The maximum absolute atomic E-state index is 11.5. The van der Waals surface area contributed by atoms with Gasteiger partial charge in [0.1, 0.15) is 12.7 Å². The predicted octanol–water partition coefficient (Wildman–Crippen LogP) is 0.605. The molecular weight excluding hydrogens is 238 g/mol. The Hall–Kier alpha value is -2.39. The summed E-state index contributed by atoms with van der Waals surface area (Å²) in [5.41, 5.74) is -0.283. The van der Waals surface area contributed by atoms with Crippen LogP contribution in [0.5, 0.6) is 0 Å². The van der Waals surface area contributed by atoms with E-state index in [-0.39, 0.29) is 30.1 Å². The van der Waals surface area contributed by atoms with Gasteiger partial charge in [-0.3, -0.25) is 0 Å². The Morgan fingerprint density at radius 2 is 2.11 bits per heavy atom. The molecule has 0 aliphatic carbocycles. The third-order valence-corrected chi connectivity index (χ3v) is 1.75. The van der Waals surface area contributed by atoms with Gasteiger partial charge < -0.3 is 14.6 Å². The third kappa shape index (κ3) is 4.63. The molecule has 0 heterocycles. The Morgan fingerprint density at radius 1 is 1.50 bits per heavy atom. The highest BCUT2D eigenvalue weighted by molar-refractivity contribution is 5.91. The molecule has 0 unspecified atom stereocenters. The molecule has 0 amide bonds. The molecule has 6 nitrogen and oxygen atoms in total. The molecule has 0 aliphatic heterocycles. The fourth-order valence-corrected chi connectivity index (χ4v) is 0.897. The van der Waals surface area contributed by atoms with Gasteiger partial charge in [0.15, 0.2) is 5.76 Å². The average Bonchev–Trinajstić information content (AvgIpc) is 2.39. The quantitative estimate of drug-likeness (QED) is 0.244. The van der Waals surface area contributed by atoms with Crippen molar-refractivity contribution < 1.29 is 24.2 Å². The van der Waals surface area contributed by atoms with Crippen molar-refractivity contribution in [2.75, 3.05) is 13.2 Å². The van der Waals surface area contributed by atoms with E-state index in [0.29, 0.717) is 0 Å². The largest absolute Gasteiger partial charge is 0.460 e. The van der Waals surface area contributed by atoms with Crippen molar-refractivity contribution in [3.8, 4) is 6.07 Å². The minimum absolute atomic E-state index is 0.0924. The summed E-state index contributed by atoms with van der Waals surface area (Å²) in [6.45, 7) is 7.33. The Labute approximate surface area is 104 Å². The highest BCUT2D eigenvalue weighted by Gasteiger charge is 2.18. The van der Waals surface area contributed by atoms with Crippen LogP contribution in [0.15, 0.2) is 36.1 Å². The molecule has 0 aliphatic rings. The molecule has 18 heavy (non-hydrogen) atoms. The number of ether oxygens (including phenoxy) is 2. The minimum atomic E-state index is -0.823. The summed E-state index contributed by atoms with van der Waals surface area (Å²) in [6.07, 6.45) is 0.886. The van der Waals surface area contributed by atoms with E-state index in [4.69, 9.17) is 15.1 Å². The number of nitrogens with zero attached hydrogens (tertiary/aromatic N) is 1. The van der Waals surface area contributed by atoms with E-state index in [0.717, 1.165) is 6.08 Å². The first-order valence-corrected chi connectivity index (χ1v) is 4.90. The van der Waals surface area contributed by atoms with E-state index in [1.54, 1.807) is 6.07 Å². The zero-order chi connectivity index (χ0) is 14.1. The molecule has 0 bridgehead atoms. The molecule has 0 aromatic carbocycles. The van der Waals surface area contributed by atoms with Crippen LogP contribution in [0.25, 0.3) is 0 Å². The summed E-state index contributed by atoms with van der Waals surface area (Å²) in [6, 6.07) is 1.67. The van der Waals surface area contributed by atoms with Crippen molar-refractivity contribution in [1.29, 1.82) is 5.26 Å². The highest BCUT2D eigenvalue weighted by Crippen LogP contribution is 2.16. The van der Waals surface area contributed by atoms with Crippen LogP contribution in [-0.4, -0.2) is 30.3 Å². The van der Waals surface area contributed by atoms with Crippen LogP contribution >= 0.6 is 0 Å². The zero-order valence-electron chi connectivity index (χ0n) is 9.93. The van der Waals surface area contributed by atoms with Gasteiger partial charge >= 0.3 is 11.9 Å². The van der Waals surface area contributed by atoms with Crippen molar-refractivity contribution >= 4 is 11.9 Å². The second-order valence-electron chi connectivity index (χ2n) is 3.03. The van der Waals surface area contributed by atoms with Crippen LogP contribution in [0.3, 0.4) is 0 Å². The van der Waals surface area contributed by atoms with Crippen LogP contribution < -0.4 is 0 Å². The second-order valence-corrected chi connectivity index (χ2v) is 3.03. The molecule has 1 N–H and O–H groups in total. The topological polar surface area (TPSA) is 96.6 Å². The summed E-state index contributed by atoms with van der Waals surface area (Å²) >= 11 is 0. The van der Waals surface area contributed by atoms with Crippen molar-refractivity contribution in [1.82, 2.24) is 0 Å². The fraction of sp³-hybridized carbons (Fsp3) is 0.250. The van der Waals surface area contributed by atoms with E-state index in [1.807, 2.05) is 0 Å². The lowest BCUT2D eigenvalue weighted by Crippen LogP contribution is -2.14. The summed E-state index contributed by atoms with van der Waals surface area (Å²) in [5.74, 6) is -1.91. The number of hydrogen-bond donors (Lipinski definition) is 1. The van der Waals surface area contributed by atoms with Crippen LogP contribution in [0.4, 0.5) is 0 Å². The molecular formula is C12H13NO5. The second kappa shape index (κ2) is 7.81. The van der Waals surface area contributed by atoms with E-state index < -0.39 is 11.9 Å². The smallest absolute Gasteiger partial charge is 0.337 e. The van der Waals surface area contributed by atoms with Crippen molar-refractivity contribution in [2.24, 2.45) is 0 Å².